The summed E-state index contributed by atoms with van der Waals surface area (Å²) < 4.78 is 56.7. The first kappa shape index (κ1) is 21.5. The number of fused-ring (bicyclic) bond motifs is 1. The van der Waals surface area contributed by atoms with Crippen LogP contribution in [0.3, 0.4) is 0 Å². The van der Waals surface area contributed by atoms with E-state index < -0.39 is 20.0 Å². The Morgan fingerprint density at radius 3 is 1.93 bits per heavy atom. The lowest BCUT2D eigenvalue weighted by Crippen LogP contribution is -2.36. The fourth-order valence-corrected chi connectivity index (χ4v) is 6.99. The first-order valence-electron chi connectivity index (χ1n) is 10.6. The van der Waals surface area contributed by atoms with Crippen LogP contribution in [-0.2, 0) is 26.5 Å². The van der Waals surface area contributed by atoms with Gasteiger partial charge in [-0.1, -0.05) is 43.5 Å². The summed E-state index contributed by atoms with van der Waals surface area (Å²) in [6.07, 6.45) is 7.51. The molecule has 0 aliphatic heterocycles. The molecule has 1 fully saturated rings. The highest BCUT2D eigenvalue weighted by molar-refractivity contribution is 7.90. The van der Waals surface area contributed by atoms with Crippen molar-refractivity contribution < 1.29 is 16.8 Å². The van der Waals surface area contributed by atoms with E-state index in [1.54, 1.807) is 0 Å². The maximum Gasteiger partial charge on any atom is 0.241 e. The van der Waals surface area contributed by atoms with Gasteiger partial charge in [0, 0.05) is 12.1 Å². The summed E-state index contributed by atoms with van der Waals surface area (Å²) in [5, 5.41) is 0. The quantitative estimate of drug-likeness (QED) is 0.705. The topological polar surface area (TPSA) is 92.3 Å². The molecule has 162 valence electrons. The molecule has 0 aromatic heterocycles. The minimum Gasteiger partial charge on any atom is -0.208 e. The van der Waals surface area contributed by atoms with Gasteiger partial charge < -0.3 is 0 Å². The van der Waals surface area contributed by atoms with Crippen LogP contribution >= 0.6 is 0 Å². The van der Waals surface area contributed by atoms with E-state index in [4.69, 9.17) is 0 Å². The monoisotopic (exact) mass is 448 g/mol. The van der Waals surface area contributed by atoms with Gasteiger partial charge in [-0.3, -0.25) is 0 Å². The molecule has 2 aromatic rings. The number of sulfonamides is 2. The van der Waals surface area contributed by atoms with Gasteiger partial charge in [0.25, 0.3) is 0 Å². The lowest BCUT2D eigenvalue weighted by molar-refractivity contribution is 0.412. The molecule has 0 bridgehead atoms. The maximum absolute atomic E-state index is 12.9. The van der Waals surface area contributed by atoms with Gasteiger partial charge in [-0.05, 0) is 67.5 Å². The molecule has 0 heterocycles. The van der Waals surface area contributed by atoms with Gasteiger partial charge in [-0.25, -0.2) is 26.3 Å². The van der Waals surface area contributed by atoms with Crippen molar-refractivity contribution in [3.8, 4) is 0 Å². The second-order valence-corrected chi connectivity index (χ2v) is 11.6. The summed E-state index contributed by atoms with van der Waals surface area (Å²) in [5.74, 6) is 0. The Labute approximate surface area is 179 Å². The smallest absolute Gasteiger partial charge is 0.208 e. The first-order chi connectivity index (χ1) is 14.4. The fourth-order valence-electron chi connectivity index (χ4n) is 4.44. The number of benzene rings is 2. The molecule has 0 saturated heterocycles. The molecule has 30 heavy (non-hydrogen) atoms. The minimum absolute atomic E-state index is 0.0415. The SMILES string of the molecule is O=S(=O)(NC1CCCCC1)c1ccc(S(=O)(=O)N[C@H]2CCCc3ccccc32)cc1. The number of rotatable bonds is 6. The van der Waals surface area contributed by atoms with Crippen LogP contribution in [0.1, 0.15) is 62.1 Å². The lowest BCUT2D eigenvalue weighted by atomic mass is 9.88. The van der Waals surface area contributed by atoms with Gasteiger partial charge in [0.05, 0.1) is 9.79 Å². The van der Waals surface area contributed by atoms with Crippen LogP contribution in [0.5, 0.6) is 0 Å². The number of hydrogen-bond acceptors (Lipinski definition) is 4. The molecular formula is C22H28N2O4S2. The van der Waals surface area contributed by atoms with Crippen molar-refractivity contribution in [3.63, 3.8) is 0 Å². The van der Waals surface area contributed by atoms with Crippen molar-refractivity contribution in [2.45, 2.75) is 73.2 Å². The Kier molecular flexibility index (Phi) is 6.29. The van der Waals surface area contributed by atoms with Gasteiger partial charge in [-0.15, -0.1) is 0 Å². The average molecular weight is 449 g/mol. The number of hydrogen-bond donors (Lipinski definition) is 2. The second kappa shape index (κ2) is 8.78. The molecule has 0 spiro atoms. The summed E-state index contributed by atoms with van der Waals surface area (Å²) in [5.41, 5.74) is 2.19. The number of nitrogens with one attached hydrogen (secondary N) is 2. The zero-order valence-corrected chi connectivity index (χ0v) is 18.5. The van der Waals surface area contributed by atoms with Crippen molar-refractivity contribution in [1.29, 1.82) is 0 Å². The zero-order valence-electron chi connectivity index (χ0n) is 16.9. The summed E-state index contributed by atoms with van der Waals surface area (Å²) in [6.45, 7) is 0. The van der Waals surface area contributed by atoms with Gasteiger partial charge in [-0.2, -0.15) is 0 Å². The van der Waals surface area contributed by atoms with Crippen LogP contribution in [0.4, 0.5) is 0 Å². The van der Waals surface area contributed by atoms with Crippen molar-refractivity contribution in [3.05, 3.63) is 59.7 Å². The molecule has 6 nitrogen and oxygen atoms in total. The third-order valence-electron chi connectivity index (χ3n) is 6.04. The highest BCUT2D eigenvalue weighted by Crippen LogP contribution is 2.31. The molecule has 8 heteroatoms. The standard InChI is InChI=1S/C22H28N2O4S2/c25-29(26,23-18-9-2-1-3-10-18)19-13-15-20(16-14-19)30(27,28)24-22-12-6-8-17-7-4-5-11-21(17)22/h4-5,7,11,13-16,18,22-24H,1-3,6,8-10,12H2/t22-/m0/s1. The highest BCUT2D eigenvalue weighted by atomic mass is 32.2. The molecule has 4 rings (SSSR count). The van der Waals surface area contributed by atoms with Gasteiger partial charge in [0.2, 0.25) is 20.0 Å². The fraction of sp³-hybridized carbons (Fsp3) is 0.455. The number of aryl methyl sites for hydroxylation is 1. The van der Waals surface area contributed by atoms with Crippen LogP contribution in [0.25, 0.3) is 0 Å². The second-order valence-electron chi connectivity index (χ2n) is 8.19. The molecule has 1 saturated carbocycles. The van der Waals surface area contributed by atoms with E-state index >= 15 is 0 Å². The van der Waals surface area contributed by atoms with E-state index in [1.165, 1.54) is 29.8 Å². The van der Waals surface area contributed by atoms with Crippen LogP contribution < -0.4 is 9.44 Å². The summed E-state index contributed by atoms with van der Waals surface area (Å²) in [4.78, 5) is 0.164. The van der Waals surface area contributed by atoms with E-state index in [1.807, 2.05) is 24.3 Å². The summed E-state index contributed by atoms with van der Waals surface area (Å²) in [6, 6.07) is 13.1. The van der Waals surface area contributed by atoms with E-state index in [0.717, 1.165) is 56.9 Å². The van der Waals surface area contributed by atoms with E-state index in [0.29, 0.717) is 0 Å². The molecule has 1 atom stereocenters. The van der Waals surface area contributed by atoms with E-state index in [2.05, 4.69) is 9.44 Å². The summed E-state index contributed by atoms with van der Waals surface area (Å²) in [7, 11) is -7.41. The average Bonchev–Trinajstić information content (AvgIpc) is 2.74. The molecular weight excluding hydrogens is 420 g/mol. The normalized spacial score (nSPS) is 20.6. The predicted molar refractivity (Wildman–Crippen MR) is 116 cm³/mol. The van der Waals surface area contributed by atoms with Crippen LogP contribution in [0.2, 0.25) is 0 Å². The van der Waals surface area contributed by atoms with E-state index in [9.17, 15) is 16.8 Å². The molecule has 0 unspecified atom stereocenters. The first-order valence-corrected chi connectivity index (χ1v) is 13.5. The molecule has 2 aliphatic carbocycles. The zero-order chi connectivity index (χ0) is 21.2. The van der Waals surface area contributed by atoms with Gasteiger partial charge >= 0.3 is 0 Å². The lowest BCUT2D eigenvalue weighted by Gasteiger charge is -2.26. The highest BCUT2D eigenvalue weighted by Gasteiger charge is 2.27. The Bertz CT molecular complexity index is 1090. The largest absolute Gasteiger partial charge is 0.241 e. The van der Waals surface area contributed by atoms with Crippen molar-refractivity contribution in [1.82, 2.24) is 9.44 Å². The van der Waals surface area contributed by atoms with Crippen molar-refractivity contribution in [2.75, 3.05) is 0 Å². The van der Waals surface area contributed by atoms with Crippen LogP contribution in [0.15, 0.2) is 58.3 Å². The Morgan fingerprint density at radius 1 is 0.667 bits per heavy atom. The van der Waals surface area contributed by atoms with Crippen LogP contribution in [-0.4, -0.2) is 22.9 Å². The van der Waals surface area contributed by atoms with Crippen LogP contribution in [0, 0.1) is 0 Å². The van der Waals surface area contributed by atoms with E-state index in [-0.39, 0.29) is 21.9 Å². The molecule has 2 N–H and O–H groups in total. The third kappa shape index (κ3) is 4.77. The van der Waals surface area contributed by atoms with Gasteiger partial charge in [0.1, 0.15) is 0 Å². The molecule has 2 aromatic carbocycles. The molecule has 0 radical (unpaired) electrons. The van der Waals surface area contributed by atoms with Gasteiger partial charge in [0.15, 0.2) is 0 Å². The predicted octanol–water partition coefficient (Wildman–Crippen LogP) is 3.65. The molecule has 2 aliphatic rings. The molecule has 0 amide bonds. The Balaban J connectivity index is 1.49. The maximum atomic E-state index is 12.9. The Morgan fingerprint density at radius 2 is 1.27 bits per heavy atom. The summed E-state index contributed by atoms with van der Waals surface area (Å²) >= 11 is 0. The van der Waals surface area contributed by atoms with Crippen molar-refractivity contribution >= 4 is 20.0 Å². The Hall–Kier alpha value is -1.74. The minimum atomic E-state index is -3.76. The third-order valence-corrected chi connectivity index (χ3v) is 9.06. The van der Waals surface area contributed by atoms with Crippen molar-refractivity contribution in [2.24, 2.45) is 0 Å².